The van der Waals surface area contributed by atoms with Crippen LogP contribution in [0.2, 0.25) is 0 Å². The lowest BCUT2D eigenvalue weighted by molar-refractivity contribution is -0.135. The summed E-state index contributed by atoms with van der Waals surface area (Å²) in [5.74, 6) is 3.58. The molecule has 11 heteroatoms. The number of hydrogen-bond acceptors (Lipinski definition) is 7. The minimum atomic E-state index is -4.12. The Morgan fingerprint density at radius 2 is 1.94 bits per heavy atom. The third-order valence-electron chi connectivity index (χ3n) is 6.95. The molecule has 2 aliphatic rings. The summed E-state index contributed by atoms with van der Waals surface area (Å²) < 4.78 is 29.0. The molecule has 0 aromatic heterocycles. The van der Waals surface area contributed by atoms with Crippen molar-refractivity contribution in [2.45, 2.75) is 48.2 Å². The minimum absolute atomic E-state index is 0.00427. The zero-order valence-electron chi connectivity index (χ0n) is 19.6. The number of Topliss-reactive ketones (excluding diaryl/α,β-unsaturated/α-hetero) is 1. The van der Waals surface area contributed by atoms with Crippen LogP contribution in [0, 0.1) is 5.92 Å². The van der Waals surface area contributed by atoms with Crippen molar-refractivity contribution in [2.24, 2.45) is 16.9 Å². The fourth-order valence-electron chi connectivity index (χ4n) is 4.66. The molecule has 3 atom stereocenters. The molecule has 1 aliphatic carbocycles. The SMILES string of the molecule is CN(C(=O)CC(NS(=O)(=O)c1ccc2ccccc2c1)C(=O)C1CC1([NH])C=NN)C1CCNCC1. The Morgan fingerprint density at radius 3 is 2.63 bits per heavy atom. The number of hydrogen-bond donors (Lipinski definition) is 3. The van der Waals surface area contributed by atoms with Crippen molar-refractivity contribution in [2.75, 3.05) is 20.1 Å². The summed E-state index contributed by atoms with van der Waals surface area (Å²) in [6.07, 6.45) is 2.62. The van der Waals surface area contributed by atoms with Crippen LogP contribution in [0.3, 0.4) is 0 Å². The van der Waals surface area contributed by atoms with E-state index in [1.165, 1.54) is 18.3 Å². The molecule has 1 radical (unpaired) electrons. The van der Waals surface area contributed by atoms with E-state index in [-0.39, 0.29) is 29.7 Å². The molecule has 2 fully saturated rings. The molecule has 5 N–H and O–H groups in total. The summed E-state index contributed by atoms with van der Waals surface area (Å²) in [6, 6.07) is 10.8. The van der Waals surface area contributed by atoms with Gasteiger partial charge in [0.1, 0.15) is 0 Å². The fraction of sp³-hybridized carbons (Fsp3) is 0.458. The van der Waals surface area contributed by atoms with Crippen molar-refractivity contribution in [3.8, 4) is 0 Å². The smallest absolute Gasteiger partial charge is 0.241 e. The van der Waals surface area contributed by atoms with Gasteiger partial charge in [-0.25, -0.2) is 18.9 Å². The highest BCUT2D eigenvalue weighted by atomic mass is 32.2. The Bertz CT molecular complexity index is 1240. The Balaban J connectivity index is 1.57. The van der Waals surface area contributed by atoms with E-state index in [0.29, 0.717) is 0 Å². The second-order valence-electron chi connectivity index (χ2n) is 9.35. The Labute approximate surface area is 205 Å². The van der Waals surface area contributed by atoms with E-state index < -0.39 is 33.3 Å². The van der Waals surface area contributed by atoms with Gasteiger partial charge in [0, 0.05) is 25.2 Å². The molecule has 10 nitrogen and oxygen atoms in total. The van der Waals surface area contributed by atoms with Gasteiger partial charge in [-0.05, 0) is 55.3 Å². The van der Waals surface area contributed by atoms with E-state index in [1.807, 2.05) is 18.2 Å². The molecule has 1 amide bonds. The summed E-state index contributed by atoms with van der Waals surface area (Å²) >= 11 is 0. The zero-order valence-corrected chi connectivity index (χ0v) is 20.4. The number of amides is 1. The number of benzene rings is 2. The predicted molar refractivity (Wildman–Crippen MR) is 133 cm³/mol. The second-order valence-corrected chi connectivity index (χ2v) is 11.1. The number of carbonyl (C=O) groups is 2. The number of piperidine rings is 1. The first-order valence-corrected chi connectivity index (χ1v) is 13.1. The lowest BCUT2D eigenvalue weighted by Gasteiger charge is -2.32. The van der Waals surface area contributed by atoms with Gasteiger partial charge in [0.2, 0.25) is 15.9 Å². The van der Waals surface area contributed by atoms with Gasteiger partial charge >= 0.3 is 0 Å². The zero-order chi connectivity index (χ0) is 25.2. The first kappa shape index (κ1) is 25.2. The highest BCUT2D eigenvalue weighted by Crippen LogP contribution is 2.43. The number of ketones is 1. The third-order valence-corrected chi connectivity index (χ3v) is 8.42. The maximum Gasteiger partial charge on any atom is 0.241 e. The molecule has 1 aliphatic heterocycles. The maximum absolute atomic E-state index is 13.3. The molecule has 3 unspecified atom stereocenters. The van der Waals surface area contributed by atoms with Crippen molar-refractivity contribution in [1.29, 1.82) is 0 Å². The van der Waals surface area contributed by atoms with E-state index in [4.69, 9.17) is 11.6 Å². The van der Waals surface area contributed by atoms with Crippen LogP contribution in [0.1, 0.15) is 25.7 Å². The molecule has 1 heterocycles. The molecule has 0 spiro atoms. The number of sulfonamides is 1. The number of hydrazone groups is 1. The van der Waals surface area contributed by atoms with Crippen LogP contribution in [0.15, 0.2) is 52.5 Å². The number of nitrogens with one attached hydrogen (secondary N) is 3. The molecule has 1 saturated heterocycles. The molecule has 0 bridgehead atoms. The first-order valence-electron chi connectivity index (χ1n) is 11.7. The first-order chi connectivity index (χ1) is 16.6. The van der Waals surface area contributed by atoms with Gasteiger partial charge in [-0.3, -0.25) is 9.59 Å². The standard InChI is InChI=1S/C24H31N6O4S/c1-30(18-8-10-27-11-9-18)22(31)13-21(23(32)20-14-24(20,25)15-28-26)29-35(33,34)19-7-6-16-4-2-3-5-17(16)12-19/h2-7,12,15,18,20-21,25,27,29H,8-11,13-14,26H2,1H3. The Morgan fingerprint density at radius 1 is 1.26 bits per heavy atom. The Kier molecular flexibility index (Phi) is 7.22. The molecular weight excluding hydrogens is 468 g/mol. The van der Waals surface area contributed by atoms with Crippen LogP contribution in [0.25, 0.3) is 10.8 Å². The van der Waals surface area contributed by atoms with E-state index in [0.717, 1.165) is 36.7 Å². The highest BCUT2D eigenvalue weighted by molar-refractivity contribution is 7.89. The van der Waals surface area contributed by atoms with E-state index in [1.54, 1.807) is 24.1 Å². The average molecular weight is 500 g/mol. The number of carbonyl (C=O) groups excluding carboxylic acids is 2. The molecule has 35 heavy (non-hydrogen) atoms. The minimum Gasteiger partial charge on any atom is -0.343 e. The van der Waals surface area contributed by atoms with Crippen LogP contribution in [0.4, 0.5) is 0 Å². The van der Waals surface area contributed by atoms with Crippen molar-refractivity contribution in [3.63, 3.8) is 0 Å². The topological polar surface area (TPSA) is 158 Å². The Hall–Kier alpha value is -2.86. The monoisotopic (exact) mass is 499 g/mol. The van der Waals surface area contributed by atoms with Crippen molar-refractivity contribution < 1.29 is 18.0 Å². The maximum atomic E-state index is 13.3. The molecule has 2 aromatic rings. The average Bonchev–Trinajstić information content (AvgIpc) is 3.53. The summed E-state index contributed by atoms with van der Waals surface area (Å²) in [7, 11) is -2.43. The van der Waals surface area contributed by atoms with Gasteiger partial charge < -0.3 is 16.1 Å². The van der Waals surface area contributed by atoms with Crippen LogP contribution >= 0.6 is 0 Å². The number of nitrogens with zero attached hydrogens (tertiary/aromatic N) is 2. The number of nitrogens with two attached hydrogens (primary N) is 1. The molecule has 4 rings (SSSR count). The largest absolute Gasteiger partial charge is 0.343 e. The quantitative estimate of drug-likeness (QED) is 0.261. The van der Waals surface area contributed by atoms with E-state index >= 15 is 0 Å². The van der Waals surface area contributed by atoms with Crippen molar-refractivity contribution in [1.82, 2.24) is 20.7 Å². The summed E-state index contributed by atoms with van der Waals surface area (Å²) in [5.41, 5.74) is 7.03. The van der Waals surface area contributed by atoms with Crippen molar-refractivity contribution >= 4 is 38.7 Å². The van der Waals surface area contributed by atoms with E-state index in [9.17, 15) is 18.0 Å². The molecule has 1 saturated carbocycles. The fourth-order valence-corrected chi connectivity index (χ4v) is 5.90. The van der Waals surface area contributed by atoms with Crippen LogP contribution in [-0.4, -0.2) is 69.0 Å². The second kappa shape index (κ2) is 10.0. The van der Waals surface area contributed by atoms with Gasteiger partial charge in [0.05, 0.1) is 22.9 Å². The van der Waals surface area contributed by atoms with Gasteiger partial charge in [0.25, 0.3) is 0 Å². The van der Waals surface area contributed by atoms with Gasteiger partial charge in [-0.1, -0.05) is 30.3 Å². The van der Waals surface area contributed by atoms with Crippen molar-refractivity contribution in [3.05, 3.63) is 42.5 Å². The lowest BCUT2D eigenvalue weighted by atomic mass is 10.0. The van der Waals surface area contributed by atoms with E-state index in [2.05, 4.69) is 15.1 Å². The normalized spacial score (nSPS) is 23.9. The summed E-state index contributed by atoms with van der Waals surface area (Å²) in [6.45, 7) is 1.59. The lowest BCUT2D eigenvalue weighted by Crippen LogP contribution is -2.49. The van der Waals surface area contributed by atoms with Crippen LogP contribution < -0.4 is 21.6 Å². The summed E-state index contributed by atoms with van der Waals surface area (Å²) in [4.78, 5) is 28.0. The molecule has 2 aromatic carbocycles. The molecule has 187 valence electrons. The predicted octanol–water partition coefficient (Wildman–Crippen LogP) is 0.642. The highest BCUT2D eigenvalue weighted by Gasteiger charge is 2.57. The summed E-state index contributed by atoms with van der Waals surface area (Å²) in [5, 5.41) is 8.25. The van der Waals surface area contributed by atoms with Crippen LogP contribution in [-0.2, 0) is 19.6 Å². The van der Waals surface area contributed by atoms with Gasteiger partial charge in [-0.2, -0.15) is 5.10 Å². The van der Waals surface area contributed by atoms with Gasteiger partial charge in [0.15, 0.2) is 5.78 Å². The molecular formula is C24H31N6O4S. The number of fused-ring (bicyclic) bond motifs is 1. The van der Waals surface area contributed by atoms with Crippen LogP contribution in [0.5, 0.6) is 0 Å². The van der Waals surface area contributed by atoms with Gasteiger partial charge in [-0.15, -0.1) is 0 Å². The third kappa shape index (κ3) is 5.53. The number of rotatable bonds is 9.